The van der Waals surface area contributed by atoms with E-state index in [9.17, 15) is 13.2 Å². The second-order valence-electron chi connectivity index (χ2n) is 8.00. The molecule has 0 radical (unpaired) electrons. The Bertz CT molecular complexity index is 1290. The van der Waals surface area contributed by atoms with Crippen molar-refractivity contribution in [3.63, 3.8) is 0 Å². The largest absolute Gasteiger partial charge is 0.492 e. The van der Waals surface area contributed by atoms with Crippen LogP contribution in [-0.2, 0) is 21.2 Å². The molecule has 34 heavy (non-hydrogen) atoms. The van der Waals surface area contributed by atoms with Crippen LogP contribution in [0.4, 0.5) is 11.4 Å². The van der Waals surface area contributed by atoms with Gasteiger partial charge in [-0.05, 0) is 74.2 Å². The van der Waals surface area contributed by atoms with Gasteiger partial charge in [0.25, 0.3) is 15.9 Å². The van der Waals surface area contributed by atoms with Crippen LogP contribution in [-0.4, -0.2) is 34.1 Å². The Balaban J connectivity index is 1.45. The van der Waals surface area contributed by atoms with E-state index in [1.54, 1.807) is 31.2 Å². The molecule has 0 fully saturated rings. The molecule has 0 spiro atoms. The van der Waals surface area contributed by atoms with E-state index in [1.165, 1.54) is 10.4 Å². The molecule has 0 atom stereocenters. The van der Waals surface area contributed by atoms with Crippen molar-refractivity contribution in [1.82, 2.24) is 0 Å². The van der Waals surface area contributed by atoms with Crippen LogP contribution in [0.15, 0.2) is 71.6 Å². The number of sulfonamides is 1. The lowest BCUT2D eigenvalue weighted by atomic mass is 10.0. The Morgan fingerprint density at radius 1 is 1.00 bits per heavy atom. The van der Waals surface area contributed by atoms with Gasteiger partial charge >= 0.3 is 0 Å². The number of carbonyl (C=O) groups is 1. The summed E-state index contributed by atoms with van der Waals surface area (Å²) < 4.78 is 39.4. The topological polar surface area (TPSA) is 84.9 Å². The van der Waals surface area contributed by atoms with Crippen LogP contribution in [0.3, 0.4) is 0 Å². The standard InChI is InChI=1S/C26H28N2O5S/c1-3-32-25-13-7-5-11-22(25)27-26(29)18-33-24-15-14-21(17-19(24)2)34(30,31)28-16-8-10-20-9-4-6-12-23(20)28/h4-7,9,11-15,17H,3,8,10,16,18H2,1-2H3,(H,27,29). The minimum Gasteiger partial charge on any atom is -0.492 e. The van der Waals surface area contributed by atoms with Gasteiger partial charge in [-0.3, -0.25) is 9.10 Å². The van der Waals surface area contributed by atoms with Crippen LogP contribution in [0.25, 0.3) is 0 Å². The predicted octanol–water partition coefficient (Wildman–Crippen LogP) is 4.55. The van der Waals surface area contributed by atoms with Gasteiger partial charge < -0.3 is 14.8 Å². The van der Waals surface area contributed by atoms with Crippen molar-refractivity contribution in [2.24, 2.45) is 0 Å². The molecule has 1 aliphatic heterocycles. The molecule has 1 aliphatic rings. The highest BCUT2D eigenvalue weighted by molar-refractivity contribution is 7.92. The molecule has 8 heteroatoms. The van der Waals surface area contributed by atoms with Gasteiger partial charge in [-0.15, -0.1) is 0 Å². The fraction of sp³-hybridized carbons (Fsp3) is 0.269. The third-order valence-corrected chi connectivity index (χ3v) is 7.43. The van der Waals surface area contributed by atoms with E-state index >= 15 is 0 Å². The molecule has 0 saturated heterocycles. The van der Waals surface area contributed by atoms with Gasteiger partial charge in [0.1, 0.15) is 11.5 Å². The number of anilines is 2. The number of rotatable bonds is 8. The highest BCUT2D eigenvalue weighted by atomic mass is 32.2. The third-order valence-electron chi connectivity index (χ3n) is 5.62. The van der Waals surface area contributed by atoms with Crippen LogP contribution in [0.5, 0.6) is 11.5 Å². The fourth-order valence-corrected chi connectivity index (χ4v) is 5.63. The van der Waals surface area contributed by atoms with E-state index in [2.05, 4.69) is 5.32 Å². The van der Waals surface area contributed by atoms with Gasteiger partial charge in [0.15, 0.2) is 6.61 Å². The van der Waals surface area contributed by atoms with E-state index < -0.39 is 10.0 Å². The maximum Gasteiger partial charge on any atom is 0.264 e. The van der Waals surface area contributed by atoms with Gasteiger partial charge in [-0.25, -0.2) is 8.42 Å². The summed E-state index contributed by atoms with van der Waals surface area (Å²) in [4.78, 5) is 12.6. The molecule has 0 bridgehead atoms. The smallest absolute Gasteiger partial charge is 0.264 e. The molecule has 1 heterocycles. The zero-order valence-electron chi connectivity index (χ0n) is 19.3. The summed E-state index contributed by atoms with van der Waals surface area (Å²) in [5.41, 5.74) is 2.97. The minimum atomic E-state index is -3.71. The van der Waals surface area contributed by atoms with Gasteiger partial charge in [0, 0.05) is 6.54 Å². The lowest BCUT2D eigenvalue weighted by Crippen LogP contribution is -2.35. The molecule has 3 aromatic rings. The lowest BCUT2D eigenvalue weighted by molar-refractivity contribution is -0.118. The fourth-order valence-electron chi connectivity index (χ4n) is 4.00. The van der Waals surface area contributed by atoms with Gasteiger partial charge in [-0.1, -0.05) is 30.3 Å². The number of amides is 1. The molecule has 178 valence electrons. The summed E-state index contributed by atoms with van der Waals surface area (Å²) >= 11 is 0. The second kappa shape index (κ2) is 10.2. The van der Waals surface area contributed by atoms with Crippen LogP contribution in [0.2, 0.25) is 0 Å². The molecule has 1 amide bonds. The van der Waals surface area contributed by atoms with Crippen LogP contribution < -0.4 is 19.1 Å². The summed E-state index contributed by atoms with van der Waals surface area (Å²) in [5, 5.41) is 2.78. The van der Waals surface area contributed by atoms with E-state index in [4.69, 9.17) is 9.47 Å². The van der Waals surface area contributed by atoms with Crippen molar-refractivity contribution >= 4 is 27.3 Å². The summed E-state index contributed by atoms with van der Waals surface area (Å²) in [5.74, 6) is 0.697. The highest BCUT2D eigenvalue weighted by Crippen LogP contribution is 2.33. The quantitative estimate of drug-likeness (QED) is 0.511. The summed E-state index contributed by atoms with van der Waals surface area (Å²) in [6.07, 6.45) is 1.64. The maximum absolute atomic E-state index is 13.4. The Hall–Kier alpha value is -3.52. The van der Waals surface area contributed by atoms with Crippen molar-refractivity contribution in [3.05, 3.63) is 77.9 Å². The van der Waals surface area contributed by atoms with Crippen molar-refractivity contribution < 1.29 is 22.7 Å². The number of benzene rings is 3. The van der Waals surface area contributed by atoms with E-state index in [-0.39, 0.29) is 17.4 Å². The number of carbonyl (C=O) groups excluding carboxylic acids is 1. The monoisotopic (exact) mass is 480 g/mol. The molecular formula is C26H28N2O5S. The third kappa shape index (κ3) is 5.02. The van der Waals surface area contributed by atoms with E-state index in [1.807, 2.05) is 43.3 Å². The molecule has 7 nitrogen and oxygen atoms in total. The Morgan fingerprint density at radius 2 is 1.76 bits per heavy atom. The van der Waals surface area contributed by atoms with Crippen molar-refractivity contribution in [2.45, 2.75) is 31.6 Å². The number of aryl methyl sites for hydroxylation is 2. The normalized spacial score (nSPS) is 13.2. The van der Waals surface area contributed by atoms with Crippen LogP contribution >= 0.6 is 0 Å². The van der Waals surface area contributed by atoms with Crippen molar-refractivity contribution in [2.75, 3.05) is 29.4 Å². The number of hydrogen-bond donors (Lipinski definition) is 1. The van der Waals surface area contributed by atoms with Crippen molar-refractivity contribution in [3.8, 4) is 11.5 Å². The van der Waals surface area contributed by atoms with Gasteiger partial charge in [0.2, 0.25) is 0 Å². The SMILES string of the molecule is CCOc1ccccc1NC(=O)COc1ccc(S(=O)(=O)N2CCCc3ccccc32)cc1C. The number of hydrogen-bond acceptors (Lipinski definition) is 5. The maximum atomic E-state index is 13.4. The van der Waals surface area contributed by atoms with Crippen LogP contribution in [0.1, 0.15) is 24.5 Å². The molecule has 1 N–H and O–H groups in total. The Labute approximate surface area is 200 Å². The zero-order chi connectivity index (χ0) is 24.1. The summed E-state index contributed by atoms with van der Waals surface area (Å²) in [6.45, 7) is 4.35. The molecule has 0 aromatic heterocycles. The molecule has 0 unspecified atom stereocenters. The number of para-hydroxylation sites is 3. The van der Waals surface area contributed by atoms with E-state index in [0.717, 1.165) is 24.1 Å². The number of ether oxygens (including phenoxy) is 2. The zero-order valence-corrected chi connectivity index (χ0v) is 20.1. The minimum absolute atomic E-state index is 0.198. The van der Waals surface area contributed by atoms with Gasteiger partial charge in [0.05, 0.1) is 22.9 Å². The lowest BCUT2D eigenvalue weighted by Gasteiger charge is -2.30. The first kappa shape index (κ1) is 23.6. The number of fused-ring (bicyclic) bond motifs is 1. The summed E-state index contributed by atoms with van der Waals surface area (Å²) in [7, 11) is -3.71. The first-order chi connectivity index (χ1) is 16.4. The average Bonchev–Trinajstić information content (AvgIpc) is 2.84. The second-order valence-corrected chi connectivity index (χ2v) is 9.87. The van der Waals surface area contributed by atoms with Gasteiger partial charge in [-0.2, -0.15) is 0 Å². The molecular weight excluding hydrogens is 452 g/mol. The first-order valence-electron chi connectivity index (χ1n) is 11.3. The molecule has 0 aliphatic carbocycles. The molecule has 3 aromatic carbocycles. The summed E-state index contributed by atoms with van der Waals surface area (Å²) in [6, 6.07) is 19.5. The highest BCUT2D eigenvalue weighted by Gasteiger charge is 2.29. The average molecular weight is 481 g/mol. The Kier molecular flexibility index (Phi) is 7.07. The van der Waals surface area contributed by atoms with Crippen LogP contribution in [0, 0.1) is 6.92 Å². The first-order valence-corrected chi connectivity index (χ1v) is 12.7. The van der Waals surface area contributed by atoms with E-state index in [0.29, 0.717) is 35.9 Å². The molecule has 0 saturated carbocycles. The molecule has 4 rings (SSSR count). The predicted molar refractivity (Wildman–Crippen MR) is 132 cm³/mol. The number of nitrogens with one attached hydrogen (secondary N) is 1. The van der Waals surface area contributed by atoms with Crippen molar-refractivity contribution in [1.29, 1.82) is 0 Å². The number of nitrogens with zero attached hydrogens (tertiary/aromatic N) is 1. The Morgan fingerprint density at radius 3 is 2.56 bits per heavy atom.